The summed E-state index contributed by atoms with van der Waals surface area (Å²) in [6.45, 7) is 8.07. The van der Waals surface area contributed by atoms with E-state index in [9.17, 15) is 0 Å². The van der Waals surface area contributed by atoms with Crippen LogP contribution in [0.5, 0.6) is 0 Å². The lowest BCUT2D eigenvalue weighted by atomic mass is 9.96. The molecule has 0 aliphatic carbocycles. The van der Waals surface area contributed by atoms with E-state index in [1.54, 1.807) is 0 Å². The van der Waals surface area contributed by atoms with E-state index in [2.05, 4.69) is 86.8 Å². The molecule has 0 saturated carbocycles. The third kappa shape index (κ3) is 2.43. The van der Waals surface area contributed by atoms with Gasteiger partial charge >= 0.3 is 0 Å². The Hall–Kier alpha value is -2.34. The fourth-order valence-electron chi connectivity index (χ4n) is 2.40. The Morgan fingerprint density at radius 3 is 1.74 bits per heavy atom. The van der Waals surface area contributed by atoms with Crippen LogP contribution in [0.25, 0.3) is 27.6 Å². The summed E-state index contributed by atoms with van der Waals surface area (Å²) in [6.07, 6.45) is 4.30. The minimum absolute atomic E-state index is 1.30. The number of allylic oxidation sites excluding steroid dienone is 1. The molecule has 0 unspecified atom stereocenters. The summed E-state index contributed by atoms with van der Waals surface area (Å²) in [4.78, 5) is 0. The Morgan fingerprint density at radius 1 is 0.789 bits per heavy atom. The van der Waals surface area contributed by atoms with E-state index in [0.29, 0.717) is 0 Å². The summed E-state index contributed by atoms with van der Waals surface area (Å²) in [5.74, 6) is 0. The normalized spacial score (nSPS) is 10.6. The Bertz CT molecular complexity index is 666. The first kappa shape index (κ1) is 13.1. The number of fused-ring (bicyclic) bond motifs is 2. The van der Waals surface area contributed by atoms with Crippen LogP contribution in [-0.2, 0) is 0 Å². The second-order valence-electron chi connectivity index (χ2n) is 4.23. The molecule has 0 amide bonds. The highest BCUT2D eigenvalue weighted by Gasteiger charge is 2.03. The molecule has 0 nitrogen and oxygen atoms in total. The highest BCUT2D eigenvalue weighted by atomic mass is 14.1. The molecule has 0 fully saturated rings. The molecule has 3 aromatic carbocycles. The third-order valence-electron chi connectivity index (χ3n) is 3.15. The summed E-state index contributed by atoms with van der Waals surface area (Å²) in [5.41, 5.74) is 1.32. The number of hydrogen-bond donors (Lipinski definition) is 0. The van der Waals surface area contributed by atoms with Gasteiger partial charge in [0, 0.05) is 0 Å². The van der Waals surface area contributed by atoms with Gasteiger partial charge in [-0.3, -0.25) is 0 Å². The molecular formula is C19H18. The van der Waals surface area contributed by atoms with Crippen molar-refractivity contribution in [1.29, 1.82) is 0 Å². The minimum Gasteiger partial charge on any atom is -0.106 e. The van der Waals surface area contributed by atoms with Crippen LogP contribution in [-0.4, -0.2) is 0 Å². The largest absolute Gasteiger partial charge is 0.106 e. The molecule has 3 rings (SSSR count). The predicted octanol–water partition coefficient (Wildman–Crippen LogP) is 5.83. The zero-order chi connectivity index (χ0) is 13.7. The lowest BCUT2D eigenvalue weighted by Crippen LogP contribution is -1.82. The SMILES string of the molecule is C=C.CC=Cc1c2ccccc2cc2ccccc12. The van der Waals surface area contributed by atoms with Gasteiger partial charge in [0.15, 0.2) is 0 Å². The smallest absolute Gasteiger partial charge is 0.0103 e. The molecular weight excluding hydrogens is 228 g/mol. The summed E-state index contributed by atoms with van der Waals surface area (Å²) in [6, 6.07) is 19.4. The maximum absolute atomic E-state index is 3.00. The van der Waals surface area contributed by atoms with Crippen molar-refractivity contribution in [3.8, 4) is 0 Å². The topological polar surface area (TPSA) is 0 Å². The van der Waals surface area contributed by atoms with Gasteiger partial charge in [-0.2, -0.15) is 0 Å². The van der Waals surface area contributed by atoms with Gasteiger partial charge in [-0.15, -0.1) is 13.2 Å². The first-order valence-electron chi connectivity index (χ1n) is 6.43. The first-order chi connectivity index (χ1) is 9.40. The van der Waals surface area contributed by atoms with E-state index in [1.807, 2.05) is 0 Å². The number of hydrogen-bond acceptors (Lipinski definition) is 0. The average molecular weight is 246 g/mol. The van der Waals surface area contributed by atoms with Crippen LogP contribution in [0.15, 0.2) is 73.8 Å². The van der Waals surface area contributed by atoms with E-state index in [1.165, 1.54) is 27.1 Å². The molecule has 0 spiro atoms. The molecule has 0 N–H and O–H groups in total. The molecule has 0 aromatic heterocycles. The van der Waals surface area contributed by atoms with Crippen molar-refractivity contribution < 1.29 is 0 Å². The zero-order valence-electron chi connectivity index (χ0n) is 11.3. The van der Waals surface area contributed by atoms with Crippen LogP contribution in [0.1, 0.15) is 12.5 Å². The fourth-order valence-corrected chi connectivity index (χ4v) is 2.40. The van der Waals surface area contributed by atoms with Gasteiger partial charge < -0.3 is 0 Å². The third-order valence-corrected chi connectivity index (χ3v) is 3.15. The predicted molar refractivity (Wildman–Crippen MR) is 87.4 cm³/mol. The Morgan fingerprint density at radius 2 is 1.26 bits per heavy atom. The summed E-state index contributed by atoms with van der Waals surface area (Å²) >= 11 is 0. The molecule has 0 heteroatoms. The van der Waals surface area contributed by atoms with Crippen molar-refractivity contribution in [3.63, 3.8) is 0 Å². The van der Waals surface area contributed by atoms with Crippen molar-refractivity contribution in [2.45, 2.75) is 6.92 Å². The lowest BCUT2D eigenvalue weighted by Gasteiger charge is -2.07. The second-order valence-corrected chi connectivity index (χ2v) is 4.23. The van der Waals surface area contributed by atoms with E-state index in [4.69, 9.17) is 0 Å². The summed E-state index contributed by atoms with van der Waals surface area (Å²) < 4.78 is 0. The molecule has 0 aliphatic rings. The van der Waals surface area contributed by atoms with Gasteiger partial charge in [0.05, 0.1) is 0 Å². The van der Waals surface area contributed by atoms with Gasteiger partial charge in [-0.05, 0) is 40.1 Å². The molecule has 0 radical (unpaired) electrons. The van der Waals surface area contributed by atoms with Gasteiger partial charge in [0.1, 0.15) is 0 Å². The molecule has 3 aromatic rings. The Labute approximate surface area is 114 Å². The fraction of sp³-hybridized carbons (Fsp3) is 0.0526. The van der Waals surface area contributed by atoms with E-state index in [-0.39, 0.29) is 0 Å². The summed E-state index contributed by atoms with van der Waals surface area (Å²) in [7, 11) is 0. The van der Waals surface area contributed by atoms with Crippen LogP contribution in [0.4, 0.5) is 0 Å². The molecule has 0 saturated heterocycles. The highest BCUT2D eigenvalue weighted by molar-refractivity contribution is 6.06. The maximum atomic E-state index is 3.00. The van der Waals surface area contributed by atoms with Gasteiger partial charge in [-0.25, -0.2) is 0 Å². The maximum Gasteiger partial charge on any atom is -0.0103 e. The van der Waals surface area contributed by atoms with Crippen molar-refractivity contribution >= 4 is 27.6 Å². The lowest BCUT2D eigenvalue weighted by molar-refractivity contribution is 1.72. The standard InChI is InChI=1S/C17H14.C2H4/c1-2-7-17-15-10-5-3-8-13(15)12-14-9-4-6-11-16(14)17;1-2/h2-12H,1H3;1-2H2. The Balaban J connectivity index is 0.000000637. The van der Waals surface area contributed by atoms with Crippen LogP contribution >= 0.6 is 0 Å². The monoisotopic (exact) mass is 246 g/mol. The molecule has 0 bridgehead atoms. The number of benzene rings is 3. The van der Waals surface area contributed by atoms with E-state index < -0.39 is 0 Å². The average Bonchev–Trinajstić information content (AvgIpc) is 2.49. The minimum atomic E-state index is 1.30. The van der Waals surface area contributed by atoms with E-state index in [0.717, 1.165) is 0 Å². The molecule has 0 atom stereocenters. The van der Waals surface area contributed by atoms with Crippen molar-refractivity contribution in [3.05, 3.63) is 79.4 Å². The molecule has 0 heterocycles. The van der Waals surface area contributed by atoms with Crippen molar-refractivity contribution in [1.82, 2.24) is 0 Å². The number of rotatable bonds is 1. The van der Waals surface area contributed by atoms with Crippen molar-refractivity contribution in [2.75, 3.05) is 0 Å². The summed E-state index contributed by atoms with van der Waals surface area (Å²) in [5, 5.41) is 5.26. The van der Waals surface area contributed by atoms with Gasteiger partial charge in [-0.1, -0.05) is 60.7 Å². The second kappa shape index (κ2) is 6.01. The molecule has 94 valence electrons. The van der Waals surface area contributed by atoms with Crippen LogP contribution in [0.3, 0.4) is 0 Å². The molecule has 0 aliphatic heterocycles. The van der Waals surface area contributed by atoms with Crippen molar-refractivity contribution in [2.24, 2.45) is 0 Å². The zero-order valence-corrected chi connectivity index (χ0v) is 11.3. The van der Waals surface area contributed by atoms with Crippen LogP contribution in [0, 0.1) is 0 Å². The van der Waals surface area contributed by atoms with Crippen LogP contribution in [0.2, 0.25) is 0 Å². The Kier molecular flexibility index (Phi) is 4.15. The quantitative estimate of drug-likeness (QED) is 0.374. The highest BCUT2D eigenvalue weighted by Crippen LogP contribution is 2.29. The van der Waals surface area contributed by atoms with Gasteiger partial charge in [0.25, 0.3) is 0 Å². The molecule has 19 heavy (non-hydrogen) atoms. The first-order valence-corrected chi connectivity index (χ1v) is 6.43. The van der Waals surface area contributed by atoms with E-state index >= 15 is 0 Å². The van der Waals surface area contributed by atoms with Gasteiger partial charge in [0.2, 0.25) is 0 Å². The van der Waals surface area contributed by atoms with Crippen LogP contribution < -0.4 is 0 Å².